The quantitative estimate of drug-likeness (QED) is 0.778. The molecule has 2 nitrogen and oxygen atoms in total. The van der Waals surface area contributed by atoms with Gasteiger partial charge in [-0.05, 0) is 49.3 Å². The molecule has 0 saturated carbocycles. The average Bonchev–Trinajstić information content (AvgIpc) is 2.18. The van der Waals surface area contributed by atoms with Gasteiger partial charge in [-0.3, -0.25) is 0 Å². The standard InChI is InChI=1S/C12H18N2/c1-2-5-11-10-7-4-3-6-9(10)8-12(13)14-11/h8H,2-7H2,1H3,(H2,13,14). The van der Waals surface area contributed by atoms with Crippen LogP contribution in [0, 0.1) is 0 Å². The molecular weight excluding hydrogens is 172 g/mol. The lowest BCUT2D eigenvalue weighted by atomic mass is 9.90. The monoisotopic (exact) mass is 190 g/mol. The summed E-state index contributed by atoms with van der Waals surface area (Å²) in [4.78, 5) is 4.45. The van der Waals surface area contributed by atoms with Crippen molar-refractivity contribution in [1.29, 1.82) is 0 Å². The van der Waals surface area contributed by atoms with Crippen molar-refractivity contribution in [1.82, 2.24) is 4.98 Å². The maximum Gasteiger partial charge on any atom is 0.123 e. The van der Waals surface area contributed by atoms with Crippen molar-refractivity contribution in [3.63, 3.8) is 0 Å². The largest absolute Gasteiger partial charge is 0.384 e. The Morgan fingerprint density at radius 3 is 2.93 bits per heavy atom. The van der Waals surface area contributed by atoms with Crippen molar-refractivity contribution >= 4 is 5.82 Å². The van der Waals surface area contributed by atoms with Gasteiger partial charge in [-0.1, -0.05) is 13.3 Å². The van der Waals surface area contributed by atoms with E-state index in [2.05, 4.69) is 18.0 Å². The third-order valence-corrected chi connectivity index (χ3v) is 2.93. The number of nitrogens with zero attached hydrogens (tertiary/aromatic N) is 1. The molecule has 0 bridgehead atoms. The van der Waals surface area contributed by atoms with Crippen LogP contribution in [0.25, 0.3) is 0 Å². The van der Waals surface area contributed by atoms with Crippen LogP contribution in [0.15, 0.2) is 6.07 Å². The number of aryl methyl sites for hydroxylation is 2. The summed E-state index contributed by atoms with van der Waals surface area (Å²) in [5.41, 5.74) is 10.00. The number of aromatic nitrogens is 1. The average molecular weight is 190 g/mol. The van der Waals surface area contributed by atoms with Crippen molar-refractivity contribution in [2.45, 2.75) is 45.4 Å². The van der Waals surface area contributed by atoms with Gasteiger partial charge in [0.1, 0.15) is 5.82 Å². The molecule has 1 aliphatic rings. The van der Waals surface area contributed by atoms with Crippen LogP contribution >= 0.6 is 0 Å². The molecule has 0 radical (unpaired) electrons. The number of hydrogen-bond donors (Lipinski definition) is 1. The van der Waals surface area contributed by atoms with Crippen LogP contribution in [0.4, 0.5) is 5.82 Å². The van der Waals surface area contributed by atoms with E-state index in [0.29, 0.717) is 5.82 Å². The zero-order valence-electron chi connectivity index (χ0n) is 8.84. The Balaban J connectivity index is 2.41. The molecule has 14 heavy (non-hydrogen) atoms. The zero-order valence-corrected chi connectivity index (χ0v) is 8.84. The molecule has 1 aromatic rings. The van der Waals surface area contributed by atoms with Gasteiger partial charge in [-0.15, -0.1) is 0 Å². The van der Waals surface area contributed by atoms with Crippen molar-refractivity contribution < 1.29 is 0 Å². The van der Waals surface area contributed by atoms with E-state index in [0.717, 1.165) is 12.8 Å². The Bertz CT molecular complexity index is 331. The van der Waals surface area contributed by atoms with Crippen LogP contribution in [0.1, 0.15) is 43.0 Å². The molecule has 0 aliphatic heterocycles. The van der Waals surface area contributed by atoms with Gasteiger partial charge in [0.2, 0.25) is 0 Å². The maximum atomic E-state index is 5.80. The third kappa shape index (κ3) is 1.74. The van der Waals surface area contributed by atoms with Crippen molar-refractivity contribution in [2.24, 2.45) is 0 Å². The van der Waals surface area contributed by atoms with E-state index in [4.69, 9.17) is 5.73 Å². The summed E-state index contributed by atoms with van der Waals surface area (Å²) in [5.74, 6) is 0.703. The molecule has 0 fully saturated rings. The lowest BCUT2D eigenvalue weighted by Crippen LogP contribution is -2.10. The molecule has 2 heteroatoms. The van der Waals surface area contributed by atoms with Gasteiger partial charge < -0.3 is 5.73 Å². The topological polar surface area (TPSA) is 38.9 Å². The Kier molecular flexibility index (Phi) is 2.71. The molecule has 1 heterocycles. The number of hydrogen-bond acceptors (Lipinski definition) is 2. The molecule has 76 valence electrons. The molecular formula is C12H18N2. The molecule has 2 N–H and O–H groups in total. The minimum absolute atomic E-state index is 0.703. The van der Waals surface area contributed by atoms with E-state index in [1.165, 1.54) is 42.5 Å². The van der Waals surface area contributed by atoms with Crippen molar-refractivity contribution in [3.8, 4) is 0 Å². The highest BCUT2D eigenvalue weighted by atomic mass is 14.8. The molecule has 0 unspecified atom stereocenters. The van der Waals surface area contributed by atoms with Gasteiger partial charge in [0.05, 0.1) is 0 Å². The Morgan fingerprint density at radius 2 is 2.14 bits per heavy atom. The molecule has 0 aromatic carbocycles. The first-order valence-electron chi connectivity index (χ1n) is 5.58. The summed E-state index contributed by atoms with van der Waals surface area (Å²) in [6.45, 7) is 2.19. The minimum Gasteiger partial charge on any atom is -0.384 e. The van der Waals surface area contributed by atoms with E-state index in [-0.39, 0.29) is 0 Å². The van der Waals surface area contributed by atoms with E-state index >= 15 is 0 Å². The van der Waals surface area contributed by atoms with E-state index in [1.54, 1.807) is 0 Å². The van der Waals surface area contributed by atoms with Crippen LogP contribution in [0.5, 0.6) is 0 Å². The van der Waals surface area contributed by atoms with Gasteiger partial charge in [-0.2, -0.15) is 0 Å². The van der Waals surface area contributed by atoms with Gasteiger partial charge in [0, 0.05) is 5.69 Å². The SMILES string of the molecule is CCCc1nc(N)cc2c1CCCC2. The number of nitrogens with two attached hydrogens (primary N) is 1. The highest BCUT2D eigenvalue weighted by molar-refractivity contribution is 5.42. The maximum absolute atomic E-state index is 5.80. The summed E-state index contributed by atoms with van der Waals surface area (Å²) in [6, 6.07) is 2.06. The fraction of sp³-hybridized carbons (Fsp3) is 0.583. The molecule has 1 aliphatic carbocycles. The minimum atomic E-state index is 0.703. The van der Waals surface area contributed by atoms with Gasteiger partial charge in [0.15, 0.2) is 0 Å². The summed E-state index contributed by atoms with van der Waals surface area (Å²) < 4.78 is 0. The Hall–Kier alpha value is -1.05. The van der Waals surface area contributed by atoms with Crippen LogP contribution in [-0.4, -0.2) is 4.98 Å². The highest BCUT2D eigenvalue weighted by Crippen LogP contribution is 2.25. The Morgan fingerprint density at radius 1 is 1.36 bits per heavy atom. The van der Waals surface area contributed by atoms with Crippen LogP contribution < -0.4 is 5.73 Å². The lowest BCUT2D eigenvalue weighted by molar-refractivity contribution is 0.669. The number of fused-ring (bicyclic) bond motifs is 1. The van der Waals surface area contributed by atoms with Crippen LogP contribution in [0.2, 0.25) is 0 Å². The third-order valence-electron chi connectivity index (χ3n) is 2.93. The first-order valence-corrected chi connectivity index (χ1v) is 5.58. The summed E-state index contributed by atoms with van der Waals surface area (Å²) in [5, 5.41) is 0. The molecule has 0 spiro atoms. The fourth-order valence-electron chi connectivity index (χ4n) is 2.30. The molecule has 2 rings (SSSR count). The lowest BCUT2D eigenvalue weighted by Gasteiger charge is -2.19. The molecule has 0 saturated heterocycles. The van der Waals surface area contributed by atoms with Gasteiger partial charge in [-0.25, -0.2) is 4.98 Å². The first kappa shape index (κ1) is 9.50. The van der Waals surface area contributed by atoms with Gasteiger partial charge >= 0.3 is 0 Å². The summed E-state index contributed by atoms with van der Waals surface area (Å²) >= 11 is 0. The molecule has 0 amide bonds. The van der Waals surface area contributed by atoms with Crippen molar-refractivity contribution in [3.05, 3.63) is 22.9 Å². The zero-order chi connectivity index (χ0) is 9.97. The summed E-state index contributed by atoms with van der Waals surface area (Å²) in [7, 11) is 0. The van der Waals surface area contributed by atoms with Crippen LogP contribution in [-0.2, 0) is 19.3 Å². The van der Waals surface area contributed by atoms with Crippen molar-refractivity contribution in [2.75, 3.05) is 5.73 Å². The van der Waals surface area contributed by atoms with E-state index in [1.807, 2.05) is 0 Å². The second-order valence-electron chi connectivity index (χ2n) is 4.09. The first-order chi connectivity index (χ1) is 6.81. The smallest absolute Gasteiger partial charge is 0.123 e. The second kappa shape index (κ2) is 3.99. The van der Waals surface area contributed by atoms with Gasteiger partial charge in [0.25, 0.3) is 0 Å². The molecule has 1 aromatic heterocycles. The normalized spacial score (nSPS) is 15.2. The number of pyridine rings is 1. The number of nitrogen functional groups attached to an aromatic ring is 1. The van der Waals surface area contributed by atoms with E-state index in [9.17, 15) is 0 Å². The number of rotatable bonds is 2. The number of anilines is 1. The highest BCUT2D eigenvalue weighted by Gasteiger charge is 2.14. The molecule has 0 atom stereocenters. The Labute approximate surface area is 85.5 Å². The fourth-order valence-corrected chi connectivity index (χ4v) is 2.30. The summed E-state index contributed by atoms with van der Waals surface area (Å²) in [6.07, 6.45) is 7.25. The van der Waals surface area contributed by atoms with E-state index < -0.39 is 0 Å². The predicted molar refractivity (Wildman–Crippen MR) is 59.3 cm³/mol. The van der Waals surface area contributed by atoms with Crippen LogP contribution in [0.3, 0.4) is 0 Å². The predicted octanol–water partition coefficient (Wildman–Crippen LogP) is 2.50. The second-order valence-corrected chi connectivity index (χ2v) is 4.09.